The van der Waals surface area contributed by atoms with Crippen LogP contribution in [0.1, 0.15) is 16.7 Å². The van der Waals surface area contributed by atoms with Gasteiger partial charge in [0.15, 0.2) is 6.61 Å². The second-order valence-corrected chi connectivity index (χ2v) is 6.51. The molecule has 0 radical (unpaired) electrons. The molecule has 1 heterocycles. The molecule has 0 saturated carbocycles. The Morgan fingerprint density at radius 2 is 1.89 bits per heavy atom. The maximum Gasteiger partial charge on any atom is 0.336 e. The molecule has 0 bridgehead atoms. The molecule has 0 spiro atoms. The fraction of sp³-hybridized carbons (Fsp3) is 0.273. The van der Waals surface area contributed by atoms with E-state index in [1.165, 1.54) is 6.07 Å². The van der Waals surface area contributed by atoms with Gasteiger partial charge in [0.1, 0.15) is 17.1 Å². The highest BCUT2D eigenvalue weighted by atomic mass is 16.5. The molecule has 3 aromatic rings. The zero-order chi connectivity index (χ0) is 20.1. The van der Waals surface area contributed by atoms with Gasteiger partial charge in [-0.1, -0.05) is 18.2 Å². The van der Waals surface area contributed by atoms with Crippen molar-refractivity contribution >= 4 is 16.9 Å². The Morgan fingerprint density at radius 3 is 2.68 bits per heavy atom. The minimum Gasteiger partial charge on any atom is -0.496 e. The third-order valence-electron chi connectivity index (χ3n) is 4.59. The molecule has 1 amide bonds. The Labute approximate surface area is 163 Å². The molecule has 6 heteroatoms. The van der Waals surface area contributed by atoms with Crippen molar-refractivity contribution in [3.05, 3.63) is 69.6 Å². The molecule has 0 fully saturated rings. The van der Waals surface area contributed by atoms with Crippen molar-refractivity contribution in [2.24, 2.45) is 0 Å². The van der Waals surface area contributed by atoms with E-state index in [1.807, 2.05) is 37.3 Å². The van der Waals surface area contributed by atoms with Crippen LogP contribution in [0, 0.1) is 13.8 Å². The first-order valence-electron chi connectivity index (χ1n) is 9.05. The number of aryl methyl sites for hydroxylation is 2. The lowest BCUT2D eigenvalue weighted by Gasteiger charge is -2.12. The SMILES string of the molecule is COc1ccccc1CCNC(=O)COc1ccc2c(C)cc(=O)oc2c1C. The number of carbonyl (C=O) groups is 1. The summed E-state index contributed by atoms with van der Waals surface area (Å²) in [6.07, 6.45) is 0.662. The number of hydrogen-bond donors (Lipinski definition) is 1. The topological polar surface area (TPSA) is 77.8 Å². The van der Waals surface area contributed by atoms with Gasteiger partial charge in [-0.2, -0.15) is 0 Å². The highest BCUT2D eigenvalue weighted by Gasteiger charge is 2.11. The molecule has 3 rings (SSSR count). The number of amides is 1. The van der Waals surface area contributed by atoms with Crippen LogP contribution >= 0.6 is 0 Å². The molecular formula is C22H23NO5. The molecule has 1 aromatic heterocycles. The number of fused-ring (bicyclic) bond motifs is 1. The molecule has 2 aromatic carbocycles. The third kappa shape index (κ3) is 4.34. The minimum atomic E-state index is -0.403. The van der Waals surface area contributed by atoms with Crippen LogP contribution in [0.3, 0.4) is 0 Å². The van der Waals surface area contributed by atoms with Gasteiger partial charge in [0, 0.05) is 23.6 Å². The molecule has 146 valence electrons. The third-order valence-corrected chi connectivity index (χ3v) is 4.59. The standard InChI is InChI=1S/C22H23NO5/c1-14-12-21(25)28-22-15(2)18(9-8-17(14)22)27-13-20(24)23-11-10-16-6-4-5-7-19(16)26-3/h4-9,12H,10-11,13H2,1-3H3,(H,23,24). The average molecular weight is 381 g/mol. The first-order chi connectivity index (χ1) is 13.5. The molecule has 0 aliphatic carbocycles. The molecule has 0 atom stereocenters. The molecular weight excluding hydrogens is 358 g/mol. The molecule has 0 aliphatic rings. The second-order valence-electron chi connectivity index (χ2n) is 6.51. The molecule has 1 N–H and O–H groups in total. The van der Waals surface area contributed by atoms with E-state index >= 15 is 0 Å². The van der Waals surface area contributed by atoms with E-state index in [4.69, 9.17) is 13.9 Å². The fourth-order valence-corrected chi connectivity index (χ4v) is 3.10. The average Bonchev–Trinajstić information content (AvgIpc) is 2.68. The Morgan fingerprint density at radius 1 is 1.11 bits per heavy atom. The summed E-state index contributed by atoms with van der Waals surface area (Å²) in [6, 6.07) is 12.8. The van der Waals surface area contributed by atoms with E-state index in [-0.39, 0.29) is 12.5 Å². The van der Waals surface area contributed by atoms with E-state index in [9.17, 15) is 9.59 Å². The summed E-state index contributed by atoms with van der Waals surface area (Å²) < 4.78 is 16.2. The summed E-state index contributed by atoms with van der Waals surface area (Å²) in [5.41, 5.74) is 2.65. The number of hydrogen-bond acceptors (Lipinski definition) is 5. The van der Waals surface area contributed by atoms with Crippen molar-refractivity contribution in [3.63, 3.8) is 0 Å². The summed E-state index contributed by atoms with van der Waals surface area (Å²) in [4.78, 5) is 23.7. The van der Waals surface area contributed by atoms with Gasteiger partial charge < -0.3 is 19.2 Å². The minimum absolute atomic E-state index is 0.117. The van der Waals surface area contributed by atoms with Crippen LogP contribution in [0.25, 0.3) is 11.0 Å². The Hall–Kier alpha value is -3.28. The Balaban J connectivity index is 1.59. The van der Waals surface area contributed by atoms with Crippen molar-refractivity contribution < 1.29 is 18.7 Å². The van der Waals surface area contributed by atoms with Gasteiger partial charge in [0.2, 0.25) is 0 Å². The number of benzene rings is 2. The molecule has 0 unspecified atom stereocenters. The number of rotatable bonds is 7. The van der Waals surface area contributed by atoms with Crippen LogP contribution in [-0.2, 0) is 11.2 Å². The van der Waals surface area contributed by atoms with Gasteiger partial charge in [-0.25, -0.2) is 4.79 Å². The van der Waals surface area contributed by atoms with Crippen LogP contribution in [0.4, 0.5) is 0 Å². The van der Waals surface area contributed by atoms with Gasteiger partial charge >= 0.3 is 5.63 Å². The smallest absolute Gasteiger partial charge is 0.336 e. The van der Waals surface area contributed by atoms with Gasteiger partial charge in [0.25, 0.3) is 5.91 Å². The Kier molecular flexibility index (Phi) is 5.99. The lowest BCUT2D eigenvalue weighted by molar-refractivity contribution is -0.123. The van der Waals surface area contributed by atoms with E-state index in [2.05, 4.69) is 5.32 Å². The van der Waals surface area contributed by atoms with Crippen LogP contribution in [-0.4, -0.2) is 26.2 Å². The lowest BCUT2D eigenvalue weighted by atomic mass is 10.1. The molecule has 0 saturated heterocycles. The highest BCUT2D eigenvalue weighted by Crippen LogP contribution is 2.28. The molecule has 6 nitrogen and oxygen atoms in total. The quantitative estimate of drug-likeness (QED) is 0.636. The van der Waals surface area contributed by atoms with E-state index in [0.29, 0.717) is 29.9 Å². The highest BCUT2D eigenvalue weighted by molar-refractivity contribution is 5.85. The van der Waals surface area contributed by atoms with E-state index < -0.39 is 5.63 Å². The predicted molar refractivity (Wildman–Crippen MR) is 107 cm³/mol. The fourth-order valence-electron chi connectivity index (χ4n) is 3.10. The Bertz CT molecular complexity index is 1050. The maximum atomic E-state index is 12.1. The van der Waals surface area contributed by atoms with Crippen molar-refractivity contribution in [2.45, 2.75) is 20.3 Å². The number of para-hydroxylation sites is 1. The molecule has 0 aliphatic heterocycles. The predicted octanol–water partition coefficient (Wildman–Crippen LogP) is 3.16. The zero-order valence-corrected chi connectivity index (χ0v) is 16.2. The largest absolute Gasteiger partial charge is 0.496 e. The summed E-state index contributed by atoms with van der Waals surface area (Å²) >= 11 is 0. The number of ether oxygens (including phenoxy) is 2. The summed E-state index contributed by atoms with van der Waals surface area (Å²) in [7, 11) is 1.63. The monoisotopic (exact) mass is 381 g/mol. The first kappa shape index (κ1) is 19.5. The number of nitrogens with one attached hydrogen (secondary N) is 1. The van der Waals surface area contributed by atoms with Crippen LogP contribution in [0.2, 0.25) is 0 Å². The zero-order valence-electron chi connectivity index (χ0n) is 16.2. The van der Waals surface area contributed by atoms with Gasteiger partial charge in [-0.05, 0) is 49.6 Å². The van der Waals surface area contributed by atoms with Gasteiger partial charge in [0.05, 0.1) is 7.11 Å². The first-order valence-corrected chi connectivity index (χ1v) is 9.05. The second kappa shape index (κ2) is 8.61. The van der Waals surface area contributed by atoms with Crippen molar-refractivity contribution in [1.82, 2.24) is 5.32 Å². The van der Waals surface area contributed by atoms with Gasteiger partial charge in [-0.3, -0.25) is 4.79 Å². The lowest BCUT2D eigenvalue weighted by Crippen LogP contribution is -2.30. The van der Waals surface area contributed by atoms with Crippen LogP contribution < -0.4 is 20.4 Å². The van der Waals surface area contributed by atoms with Crippen molar-refractivity contribution in [1.29, 1.82) is 0 Å². The summed E-state index contributed by atoms with van der Waals surface area (Å²) in [6.45, 7) is 4.02. The van der Waals surface area contributed by atoms with Crippen LogP contribution in [0.15, 0.2) is 51.7 Å². The van der Waals surface area contributed by atoms with E-state index in [1.54, 1.807) is 20.1 Å². The van der Waals surface area contributed by atoms with Crippen LogP contribution in [0.5, 0.6) is 11.5 Å². The summed E-state index contributed by atoms with van der Waals surface area (Å²) in [5.74, 6) is 1.10. The van der Waals surface area contributed by atoms with Crippen molar-refractivity contribution in [2.75, 3.05) is 20.3 Å². The number of carbonyl (C=O) groups excluding carboxylic acids is 1. The van der Waals surface area contributed by atoms with Crippen molar-refractivity contribution in [3.8, 4) is 11.5 Å². The summed E-state index contributed by atoms with van der Waals surface area (Å²) in [5, 5.41) is 3.69. The number of methoxy groups -OCH3 is 1. The van der Waals surface area contributed by atoms with Gasteiger partial charge in [-0.15, -0.1) is 0 Å². The molecule has 28 heavy (non-hydrogen) atoms. The maximum absolute atomic E-state index is 12.1. The normalized spacial score (nSPS) is 10.7. The van der Waals surface area contributed by atoms with E-state index in [0.717, 1.165) is 22.3 Å².